The summed E-state index contributed by atoms with van der Waals surface area (Å²) in [6.45, 7) is 0. The van der Waals surface area contributed by atoms with Crippen molar-refractivity contribution in [3.63, 3.8) is 0 Å². The van der Waals surface area contributed by atoms with E-state index in [0.29, 0.717) is 0 Å². The number of hydrogen-bond donors (Lipinski definition) is 0. The van der Waals surface area contributed by atoms with Crippen molar-refractivity contribution in [2.75, 3.05) is 7.11 Å². The molecule has 43 valence electrons. The van der Waals surface area contributed by atoms with E-state index in [0.717, 1.165) is 5.75 Å². The molecule has 2 heteroatoms. The molecule has 0 bridgehead atoms. The quantitative estimate of drug-likeness (QED) is 0.522. The maximum Gasteiger partial charge on any atom is 0.137 e. The van der Waals surface area contributed by atoms with Crippen molar-refractivity contribution in [3.05, 3.63) is 18.5 Å². The van der Waals surface area contributed by atoms with Gasteiger partial charge in [-0.3, -0.25) is 0 Å². The van der Waals surface area contributed by atoms with E-state index < -0.39 is 0 Å². The highest BCUT2D eigenvalue weighted by molar-refractivity contribution is 5.15. The van der Waals surface area contributed by atoms with Gasteiger partial charge < -0.3 is 9.30 Å². The first kappa shape index (κ1) is 5.22. The predicted octanol–water partition coefficient (Wildman–Crippen LogP) is 0.834. The van der Waals surface area contributed by atoms with E-state index in [1.165, 1.54) is 0 Å². The van der Waals surface area contributed by atoms with Gasteiger partial charge in [-0.15, -0.1) is 0 Å². The van der Waals surface area contributed by atoms with Gasteiger partial charge in [-0.2, -0.15) is 0 Å². The standard InChI is InChI=1S/C6H8NO/c1-7-4-3-6(5-7)8-2/h3,5H,1-2H3. The maximum absolute atomic E-state index is 4.88. The van der Waals surface area contributed by atoms with Gasteiger partial charge in [0.05, 0.1) is 13.3 Å². The third kappa shape index (κ3) is 0.832. The number of hydrogen-bond acceptors (Lipinski definition) is 1. The Morgan fingerprint density at radius 2 is 2.50 bits per heavy atom. The molecule has 0 aliphatic heterocycles. The maximum atomic E-state index is 4.88. The lowest BCUT2D eigenvalue weighted by Gasteiger charge is -1.88. The Balaban J connectivity index is 2.84. The van der Waals surface area contributed by atoms with Crippen molar-refractivity contribution in [1.82, 2.24) is 4.57 Å². The monoisotopic (exact) mass is 110 g/mol. The third-order valence-corrected chi connectivity index (χ3v) is 0.967. The van der Waals surface area contributed by atoms with Gasteiger partial charge in [0.25, 0.3) is 0 Å². The summed E-state index contributed by atoms with van der Waals surface area (Å²) in [5.74, 6) is 0.854. The van der Waals surface area contributed by atoms with Crippen LogP contribution in [0.1, 0.15) is 0 Å². The van der Waals surface area contributed by atoms with Crippen molar-refractivity contribution in [3.8, 4) is 5.75 Å². The second kappa shape index (κ2) is 1.90. The molecule has 0 unspecified atom stereocenters. The Bertz CT molecular complexity index is 169. The molecule has 1 radical (unpaired) electrons. The van der Waals surface area contributed by atoms with Gasteiger partial charge in [0, 0.05) is 19.3 Å². The summed E-state index contributed by atoms with van der Waals surface area (Å²) in [5, 5.41) is 0. The molecule has 1 aromatic heterocycles. The van der Waals surface area contributed by atoms with Gasteiger partial charge in [-0.1, -0.05) is 0 Å². The second-order valence-corrected chi connectivity index (χ2v) is 1.62. The fourth-order valence-electron chi connectivity index (χ4n) is 0.542. The Morgan fingerprint density at radius 3 is 2.75 bits per heavy atom. The van der Waals surface area contributed by atoms with E-state index in [2.05, 4.69) is 6.20 Å². The van der Waals surface area contributed by atoms with E-state index in [9.17, 15) is 0 Å². The van der Waals surface area contributed by atoms with Crippen molar-refractivity contribution >= 4 is 0 Å². The minimum atomic E-state index is 0.854. The first-order valence-corrected chi connectivity index (χ1v) is 2.41. The average Bonchev–Trinajstić information content (AvgIpc) is 2.14. The van der Waals surface area contributed by atoms with Crippen LogP contribution in [0.3, 0.4) is 0 Å². The second-order valence-electron chi connectivity index (χ2n) is 1.62. The number of methoxy groups -OCH3 is 1. The lowest BCUT2D eigenvalue weighted by molar-refractivity contribution is 0.414. The van der Waals surface area contributed by atoms with Crippen molar-refractivity contribution in [2.45, 2.75) is 0 Å². The van der Waals surface area contributed by atoms with Crippen LogP contribution in [0.15, 0.2) is 12.3 Å². The zero-order valence-corrected chi connectivity index (χ0v) is 5.01. The molecule has 0 saturated carbocycles. The van der Waals surface area contributed by atoms with E-state index in [4.69, 9.17) is 4.74 Å². The number of nitrogens with zero attached hydrogens (tertiary/aromatic N) is 1. The Kier molecular flexibility index (Phi) is 1.24. The molecule has 0 aromatic carbocycles. The van der Waals surface area contributed by atoms with Crippen LogP contribution in [-0.2, 0) is 7.05 Å². The Labute approximate surface area is 48.7 Å². The summed E-state index contributed by atoms with van der Waals surface area (Å²) in [6, 6.07) is 1.79. The fraction of sp³-hybridized carbons (Fsp3) is 0.333. The van der Waals surface area contributed by atoms with Gasteiger partial charge >= 0.3 is 0 Å². The number of aromatic nitrogens is 1. The molecule has 0 fully saturated rings. The average molecular weight is 110 g/mol. The van der Waals surface area contributed by atoms with Gasteiger partial charge in [-0.05, 0) is 0 Å². The smallest absolute Gasteiger partial charge is 0.137 e. The number of aryl methyl sites for hydroxylation is 1. The predicted molar refractivity (Wildman–Crippen MR) is 30.8 cm³/mol. The number of ether oxygens (including phenoxy) is 1. The van der Waals surface area contributed by atoms with Crippen LogP contribution in [0.5, 0.6) is 5.75 Å². The van der Waals surface area contributed by atoms with Crippen LogP contribution < -0.4 is 4.74 Å². The summed E-state index contributed by atoms with van der Waals surface area (Å²) in [5.41, 5.74) is 0. The van der Waals surface area contributed by atoms with Crippen LogP contribution in [-0.4, -0.2) is 11.7 Å². The van der Waals surface area contributed by atoms with Crippen LogP contribution in [0.4, 0.5) is 0 Å². The van der Waals surface area contributed by atoms with Crippen molar-refractivity contribution in [2.24, 2.45) is 7.05 Å². The third-order valence-electron chi connectivity index (χ3n) is 0.967. The molecule has 0 N–H and O–H groups in total. The Hall–Kier alpha value is -0.920. The van der Waals surface area contributed by atoms with Gasteiger partial charge in [0.1, 0.15) is 5.75 Å². The summed E-state index contributed by atoms with van der Waals surface area (Å²) < 4.78 is 6.70. The van der Waals surface area contributed by atoms with Crippen molar-refractivity contribution in [1.29, 1.82) is 0 Å². The molecule has 2 nitrogen and oxygen atoms in total. The summed E-state index contributed by atoms with van der Waals surface area (Å²) >= 11 is 0. The van der Waals surface area contributed by atoms with Crippen LogP contribution >= 0.6 is 0 Å². The normalized spacial score (nSPS) is 9.25. The van der Waals surface area contributed by atoms with Gasteiger partial charge in [0.2, 0.25) is 0 Å². The van der Waals surface area contributed by atoms with E-state index in [-0.39, 0.29) is 0 Å². The fourth-order valence-corrected chi connectivity index (χ4v) is 0.542. The molecule has 0 aliphatic rings. The lowest BCUT2D eigenvalue weighted by atomic mass is 10.6. The first-order chi connectivity index (χ1) is 3.83. The molecule has 0 amide bonds. The highest BCUT2D eigenvalue weighted by atomic mass is 16.5. The summed E-state index contributed by atoms with van der Waals surface area (Å²) in [7, 11) is 3.55. The lowest BCUT2D eigenvalue weighted by Crippen LogP contribution is -1.80. The van der Waals surface area contributed by atoms with Crippen LogP contribution in [0.25, 0.3) is 0 Å². The van der Waals surface area contributed by atoms with E-state index in [1.54, 1.807) is 13.2 Å². The minimum Gasteiger partial charge on any atom is -0.495 e. The van der Waals surface area contributed by atoms with E-state index >= 15 is 0 Å². The molecular formula is C6H8NO. The largest absolute Gasteiger partial charge is 0.495 e. The molecule has 1 aromatic rings. The molecule has 0 saturated heterocycles. The van der Waals surface area contributed by atoms with Crippen molar-refractivity contribution < 1.29 is 4.74 Å². The topological polar surface area (TPSA) is 14.2 Å². The Morgan fingerprint density at radius 1 is 1.75 bits per heavy atom. The zero-order valence-electron chi connectivity index (χ0n) is 5.01. The highest BCUT2D eigenvalue weighted by Crippen LogP contribution is 2.06. The van der Waals surface area contributed by atoms with Crippen LogP contribution in [0, 0.1) is 6.20 Å². The zero-order chi connectivity index (χ0) is 5.98. The molecule has 1 rings (SSSR count). The summed E-state index contributed by atoms with van der Waals surface area (Å²) in [6.07, 6.45) is 4.77. The summed E-state index contributed by atoms with van der Waals surface area (Å²) in [4.78, 5) is 0. The molecule has 8 heavy (non-hydrogen) atoms. The van der Waals surface area contributed by atoms with E-state index in [1.807, 2.05) is 17.8 Å². The van der Waals surface area contributed by atoms with Crippen LogP contribution in [0.2, 0.25) is 0 Å². The SMILES string of the molecule is COc1c[c]n(C)c1. The molecule has 1 heterocycles. The van der Waals surface area contributed by atoms with Gasteiger partial charge in [-0.25, -0.2) is 0 Å². The molecule has 0 atom stereocenters. The number of rotatable bonds is 1. The molecule has 0 aliphatic carbocycles. The van der Waals surface area contributed by atoms with Gasteiger partial charge in [0.15, 0.2) is 0 Å². The molecule has 0 spiro atoms. The minimum absolute atomic E-state index is 0.854. The molecular weight excluding hydrogens is 102 g/mol. The highest BCUT2D eigenvalue weighted by Gasteiger charge is 1.88. The first-order valence-electron chi connectivity index (χ1n) is 2.41.